The van der Waals surface area contributed by atoms with Crippen molar-refractivity contribution in [3.8, 4) is 5.75 Å². The van der Waals surface area contributed by atoms with Gasteiger partial charge in [0.05, 0.1) is 24.6 Å². The summed E-state index contributed by atoms with van der Waals surface area (Å²) in [5.74, 6) is 0.718. The maximum atomic E-state index is 8.81. The zero-order chi connectivity index (χ0) is 11.1. The molecule has 1 heterocycles. The molecule has 0 bridgehead atoms. The molecule has 84 valence electrons. The Morgan fingerprint density at radius 2 is 2.27 bits per heavy atom. The van der Waals surface area contributed by atoms with E-state index in [4.69, 9.17) is 14.6 Å². The van der Waals surface area contributed by atoms with Crippen molar-refractivity contribution >= 4 is 0 Å². The van der Waals surface area contributed by atoms with Gasteiger partial charge in [0.25, 0.3) is 0 Å². The number of pyridine rings is 1. The lowest BCUT2D eigenvalue weighted by molar-refractivity contribution is 0.135. The van der Waals surface area contributed by atoms with Crippen molar-refractivity contribution in [1.82, 2.24) is 4.98 Å². The number of rotatable bonds is 6. The van der Waals surface area contributed by atoms with Gasteiger partial charge in [0.1, 0.15) is 5.75 Å². The molecule has 1 unspecified atom stereocenters. The van der Waals surface area contributed by atoms with Crippen LogP contribution in [0.2, 0.25) is 0 Å². The molecule has 1 rings (SSSR count). The van der Waals surface area contributed by atoms with Crippen molar-refractivity contribution in [3.05, 3.63) is 24.0 Å². The first-order valence-corrected chi connectivity index (χ1v) is 4.97. The number of hydrogen-bond donors (Lipinski definition) is 1. The summed E-state index contributed by atoms with van der Waals surface area (Å²) in [7, 11) is 1.67. The van der Waals surface area contributed by atoms with Gasteiger partial charge in [0.2, 0.25) is 0 Å². The summed E-state index contributed by atoms with van der Waals surface area (Å²) in [4.78, 5) is 4.02. The van der Waals surface area contributed by atoms with Gasteiger partial charge in [-0.1, -0.05) is 0 Å². The summed E-state index contributed by atoms with van der Waals surface area (Å²) in [6, 6.07) is 3.56. The minimum Gasteiger partial charge on any atom is -0.489 e. The van der Waals surface area contributed by atoms with Gasteiger partial charge >= 0.3 is 0 Å². The molecule has 0 amide bonds. The van der Waals surface area contributed by atoms with E-state index in [1.165, 1.54) is 0 Å². The zero-order valence-electron chi connectivity index (χ0n) is 9.14. The van der Waals surface area contributed by atoms with Crippen LogP contribution >= 0.6 is 0 Å². The summed E-state index contributed by atoms with van der Waals surface area (Å²) in [5.41, 5.74) is 0.645. The van der Waals surface area contributed by atoms with Crippen LogP contribution in [0, 0.1) is 0 Å². The number of aliphatic hydroxyl groups is 1. The standard InChI is InChI=1S/C11H17NO3/c1-9(5-6-14-2)15-11-4-3-10(8-13)12-7-11/h3-4,7,9,13H,5-6,8H2,1-2H3. The van der Waals surface area contributed by atoms with E-state index in [-0.39, 0.29) is 12.7 Å². The predicted octanol–water partition coefficient (Wildman–Crippen LogP) is 1.38. The smallest absolute Gasteiger partial charge is 0.138 e. The van der Waals surface area contributed by atoms with Crippen LogP contribution in [0.25, 0.3) is 0 Å². The molecular weight excluding hydrogens is 194 g/mol. The van der Waals surface area contributed by atoms with Gasteiger partial charge in [-0.15, -0.1) is 0 Å². The quantitative estimate of drug-likeness (QED) is 0.772. The highest BCUT2D eigenvalue weighted by Crippen LogP contribution is 2.12. The molecule has 4 nitrogen and oxygen atoms in total. The van der Waals surface area contributed by atoms with E-state index < -0.39 is 0 Å². The van der Waals surface area contributed by atoms with Crippen LogP contribution in [0.1, 0.15) is 19.0 Å². The monoisotopic (exact) mass is 211 g/mol. The lowest BCUT2D eigenvalue weighted by Gasteiger charge is -2.13. The predicted molar refractivity (Wildman–Crippen MR) is 56.7 cm³/mol. The summed E-state index contributed by atoms with van der Waals surface area (Å²) >= 11 is 0. The van der Waals surface area contributed by atoms with Crippen LogP contribution in [0.15, 0.2) is 18.3 Å². The van der Waals surface area contributed by atoms with Crippen LogP contribution < -0.4 is 4.74 Å². The maximum Gasteiger partial charge on any atom is 0.138 e. The highest BCUT2D eigenvalue weighted by Gasteiger charge is 2.03. The van der Waals surface area contributed by atoms with Gasteiger partial charge in [-0.3, -0.25) is 4.98 Å². The highest BCUT2D eigenvalue weighted by molar-refractivity contribution is 5.19. The third kappa shape index (κ3) is 4.27. The van der Waals surface area contributed by atoms with Gasteiger partial charge < -0.3 is 14.6 Å². The van der Waals surface area contributed by atoms with Crippen molar-refractivity contribution in [2.24, 2.45) is 0 Å². The Balaban J connectivity index is 2.42. The molecule has 0 aromatic carbocycles. The molecule has 0 saturated heterocycles. The first kappa shape index (κ1) is 11.9. The Kier molecular flexibility index (Phi) is 5.07. The van der Waals surface area contributed by atoms with Crippen molar-refractivity contribution in [2.75, 3.05) is 13.7 Å². The van der Waals surface area contributed by atoms with Crippen LogP contribution in [-0.4, -0.2) is 29.9 Å². The zero-order valence-corrected chi connectivity index (χ0v) is 9.14. The average Bonchev–Trinajstić information content (AvgIpc) is 2.27. The summed E-state index contributed by atoms with van der Waals surface area (Å²) in [6.07, 6.45) is 2.57. The molecule has 0 fully saturated rings. The second-order valence-corrected chi connectivity index (χ2v) is 3.35. The Morgan fingerprint density at radius 3 is 2.80 bits per heavy atom. The molecule has 0 aliphatic rings. The fraction of sp³-hybridized carbons (Fsp3) is 0.545. The van der Waals surface area contributed by atoms with E-state index in [1.807, 2.05) is 13.0 Å². The van der Waals surface area contributed by atoms with Gasteiger partial charge in [0.15, 0.2) is 0 Å². The van der Waals surface area contributed by atoms with Crippen LogP contribution in [-0.2, 0) is 11.3 Å². The number of aromatic nitrogens is 1. The molecule has 1 atom stereocenters. The molecule has 0 aliphatic heterocycles. The Morgan fingerprint density at radius 1 is 1.47 bits per heavy atom. The molecule has 1 N–H and O–H groups in total. The number of nitrogens with zero attached hydrogens (tertiary/aromatic N) is 1. The molecular formula is C11H17NO3. The van der Waals surface area contributed by atoms with Crippen molar-refractivity contribution in [2.45, 2.75) is 26.1 Å². The van der Waals surface area contributed by atoms with Crippen LogP contribution in [0.4, 0.5) is 0 Å². The SMILES string of the molecule is COCCC(C)Oc1ccc(CO)nc1. The number of methoxy groups -OCH3 is 1. The lowest BCUT2D eigenvalue weighted by Crippen LogP contribution is -2.14. The number of ether oxygens (including phenoxy) is 2. The topological polar surface area (TPSA) is 51.6 Å². The summed E-state index contributed by atoms with van der Waals surface area (Å²) in [6.45, 7) is 2.63. The fourth-order valence-electron chi connectivity index (χ4n) is 1.15. The lowest BCUT2D eigenvalue weighted by atomic mass is 10.3. The van der Waals surface area contributed by atoms with E-state index >= 15 is 0 Å². The molecule has 1 aromatic rings. The van der Waals surface area contributed by atoms with E-state index in [0.29, 0.717) is 12.3 Å². The number of hydrogen-bond acceptors (Lipinski definition) is 4. The third-order valence-electron chi connectivity index (χ3n) is 2.03. The highest BCUT2D eigenvalue weighted by atomic mass is 16.5. The summed E-state index contributed by atoms with van der Waals surface area (Å²) in [5, 5.41) is 8.81. The molecule has 0 radical (unpaired) electrons. The van der Waals surface area contributed by atoms with E-state index in [0.717, 1.165) is 12.2 Å². The average molecular weight is 211 g/mol. The maximum absolute atomic E-state index is 8.81. The van der Waals surface area contributed by atoms with Gasteiger partial charge in [0, 0.05) is 20.1 Å². The third-order valence-corrected chi connectivity index (χ3v) is 2.03. The first-order chi connectivity index (χ1) is 7.26. The van der Waals surface area contributed by atoms with E-state index in [9.17, 15) is 0 Å². The van der Waals surface area contributed by atoms with E-state index in [1.54, 1.807) is 19.4 Å². The van der Waals surface area contributed by atoms with Crippen molar-refractivity contribution in [3.63, 3.8) is 0 Å². The first-order valence-electron chi connectivity index (χ1n) is 4.97. The van der Waals surface area contributed by atoms with Crippen molar-refractivity contribution in [1.29, 1.82) is 0 Å². The Bertz CT molecular complexity index is 274. The molecule has 0 spiro atoms. The molecule has 0 saturated carbocycles. The van der Waals surface area contributed by atoms with Gasteiger partial charge in [-0.25, -0.2) is 0 Å². The van der Waals surface area contributed by atoms with Gasteiger partial charge in [-0.05, 0) is 19.1 Å². The molecule has 4 heteroatoms. The second-order valence-electron chi connectivity index (χ2n) is 3.35. The van der Waals surface area contributed by atoms with Gasteiger partial charge in [-0.2, -0.15) is 0 Å². The van der Waals surface area contributed by atoms with Crippen LogP contribution in [0.5, 0.6) is 5.75 Å². The van der Waals surface area contributed by atoms with Crippen LogP contribution in [0.3, 0.4) is 0 Å². The number of aliphatic hydroxyl groups excluding tert-OH is 1. The molecule has 0 aliphatic carbocycles. The minimum absolute atomic E-state index is 0.0422. The Hall–Kier alpha value is -1.13. The van der Waals surface area contributed by atoms with Crippen molar-refractivity contribution < 1.29 is 14.6 Å². The Labute approximate surface area is 89.9 Å². The second kappa shape index (κ2) is 6.37. The largest absolute Gasteiger partial charge is 0.489 e. The molecule has 15 heavy (non-hydrogen) atoms. The molecule has 1 aromatic heterocycles. The summed E-state index contributed by atoms with van der Waals surface area (Å²) < 4.78 is 10.5. The van der Waals surface area contributed by atoms with E-state index in [2.05, 4.69) is 4.98 Å². The minimum atomic E-state index is -0.0422. The normalized spacial score (nSPS) is 12.5. The fourth-order valence-corrected chi connectivity index (χ4v) is 1.15.